The van der Waals surface area contributed by atoms with Crippen LogP contribution in [0.15, 0.2) is 17.8 Å². The van der Waals surface area contributed by atoms with Crippen molar-refractivity contribution in [1.82, 2.24) is 10.3 Å². The number of nitrogens with one attached hydrogen (secondary N) is 1. The van der Waals surface area contributed by atoms with Gasteiger partial charge in [-0.3, -0.25) is 9.59 Å². The van der Waals surface area contributed by atoms with Gasteiger partial charge in [-0.15, -0.1) is 11.7 Å². The summed E-state index contributed by atoms with van der Waals surface area (Å²) in [6.45, 7) is 8.40. The fourth-order valence-electron chi connectivity index (χ4n) is 1.47. The highest BCUT2D eigenvalue weighted by atomic mass is 32.2. The minimum Gasteiger partial charge on any atom is -0.304 e. The summed E-state index contributed by atoms with van der Waals surface area (Å²) < 4.78 is 0. The van der Waals surface area contributed by atoms with Crippen LogP contribution in [0.3, 0.4) is 0 Å². The molecule has 6 heteroatoms. The molecule has 0 fully saturated rings. The summed E-state index contributed by atoms with van der Waals surface area (Å²) in [5, 5.41) is 8.50. The van der Waals surface area contributed by atoms with Gasteiger partial charge in [-0.05, 0) is 13.3 Å². The zero-order valence-electron chi connectivity index (χ0n) is 9.61. The van der Waals surface area contributed by atoms with Crippen LogP contribution in [0.25, 0.3) is 0 Å². The van der Waals surface area contributed by atoms with Crippen molar-refractivity contribution in [1.29, 1.82) is 0 Å². The molecule has 1 N–H and O–H groups in total. The Hall–Kier alpha value is -1.30. The van der Waals surface area contributed by atoms with Crippen molar-refractivity contribution in [2.75, 3.05) is 0 Å². The van der Waals surface area contributed by atoms with Crippen LogP contribution in [0, 0.1) is 0 Å². The van der Waals surface area contributed by atoms with Crippen molar-refractivity contribution >= 4 is 28.7 Å². The van der Waals surface area contributed by atoms with Gasteiger partial charge < -0.3 is 5.32 Å². The molecule has 0 saturated carbocycles. The van der Waals surface area contributed by atoms with Gasteiger partial charge in [-0.2, -0.15) is 0 Å². The van der Waals surface area contributed by atoms with Crippen molar-refractivity contribution in [2.45, 2.75) is 32.1 Å². The van der Waals surface area contributed by atoms with Gasteiger partial charge in [0.1, 0.15) is 4.87 Å². The minimum atomic E-state index is -0.495. The van der Waals surface area contributed by atoms with E-state index in [9.17, 15) is 9.59 Å². The molecule has 0 aromatic rings. The molecule has 0 radical (unpaired) electrons. The number of hydrogen-bond acceptors (Lipinski definition) is 4. The first-order valence-electron chi connectivity index (χ1n) is 4.86. The van der Waals surface area contributed by atoms with Crippen molar-refractivity contribution in [3.8, 4) is 0 Å². The SMILES string of the molecule is C=CCC1(C)SC(NC(C)=O)=NN1C(C)=O. The number of carbonyl (C=O) groups is 2. The van der Waals surface area contributed by atoms with E-state index in [0.717, 1.165) is 0 Å². The standard InChI is InChI=1S/C10H15N3O2S/c1-5-6-10(4)13(8(3)15)12-9(16-10)11-7(2)14/h5H,1,6H2,2-4H3,(H,11,12,14). The van der Waals surface area contributed by atoms with E-state index in [-0.39, 0.29) is 11.8 Å². The molecule has 0 aliphatic carbocycles. The zero-order valence-corrected chi connectivity index (χ0v) is 10.4. The molecule has 0 bridgehead atoms. The fourth-order valence-corrected chi connectivity index (χ4v) is 2.66. The second kappa shape index (κ2) is 4.69. The average molecular weight is 241 g/mol. The Balaban J connectivity index is 2.89. The molecule has 0 aromatic carbocycles. The number of hydrazone groups is 1. The molecule has 88 valence electrons. The summed E-state index contributed by atoms with van der Waals surface area (Å²) in [7, 11) is 0. The monoisotopic (exact) mass is 241 g/mol. The lowest BCUT2D eigenvalue weighted by molar-refractivity contribution is -0.131. The van der Waals surface area contributed by atoms with Gasteiger partial charge in [0.2, 0.25) is 11.8 Å². The third kappa shape index (κ3) is 2.63. The molecule has 0 aromatic heterocycles. The maximum atomic E-state index is 11.4. The van der Waals surface area contributed by atoms with Gasteiger partial charge in [-0.1, -0.05) is 17.8 Å². The van der Waals surface area contributed by atoms with Crippen molar-refractivity contribution in [3.05, 3.63) is 12.7 Å². The normalized spacial score (nSPS) is 23.9. The van der Waals surface area contributed by atoms with Gasteiger partial charge in [-0.25, -0.2) is 5.01 Å². The van der Waals surface area contributed by atoms with Crippen LogP contribution in [-0.4, -0.2) is 26.9 Å². The van der Waals surface area contributed by atoms with E-state index < -0.39 is 4.87 Å². The number of amidine groups is 1. The molecule has 16 heavy (non-hydrogen) atoms. The number of hydrogen-bond donors (Lipinski definition) is 1. The van der Waals surface area contributed by atoms with Crippen molar-refractivity contribution in [3.63, 3.8) is 0 Å². The molecular formula is C10H15N3O2S. The highest BCUT2D eigenvalue weighted by Gasteiger charge is 2.41. The third-order valence-electron chi connectivity index (χ3n) is 2.06. The van der Waals surface area contributed by atoms with Crippen LogP contribution < -0.4 is 5.32 Å². The van der Waals surface area contributed by atoms with Crippen LogP contribution in [0.5, 0.6) is 0 Å². The number of carbonyl (C=O) groups excluding carboxylic acids is 2. The first-order valence-corrected chi connectivity index (χ1v) is 5.67. The van der Waals surface area contributed by atoms with Crippen molar-refractivity contribution in [2.24, 2.45) is 5.10 Å². The second-order valence-corrected chi connectivity index (χ2v) is 5.16. The largest absolute Gasteiger partial charge is 0.304 e. The lowest BCUT2D eigenvalue weighted by Crippen LogP contribution is -2.39. The van der Waals surface area contributed by atoms with E-state index in [0.29, 0.717) is 11.6 Å². The average Bonchev–Trinajstić information content (AvgIpc) is 2.42. The Kier molecular flexibility index (Phi) is 3.74. The van der Waals surface area contributed by atoms with Crippen LogP contribution in [0.1, 0.15) is 27.2 Å². The number of rotatable bonds is 2. The molecule has 2 amide bonds. The summed E-state index contributed by atoms with van der Waals surface area (Å²) in [6, 6.07) is 0. The lowest BCUT2D eigenvalue weighted by atomic mass is 10.2. The van der Waals surface area contributed by atoms with E-state index in [1.54, 1.807) is 6.08 Å². The summed E-state index contributed by atoms with van der Waals surface area (Å²) >= 11 is 1.35. The van der Waals surface area contributed by atoms with Crippen LogP contribution in [-0.2, 0) is 9.59 Å². The van der Waals surface area contributed by atoms with Crippen LogP contribution in [0.4, 0.5) is 0 Å². The Labute approximate surface area is 98.9 Å². The minimum absolute atomic E-state index is 0.155. The van der Waals surface area contributed by atoms with Crippen LogP contribution in [0.2, 0.25) is 0 Å². The smallest absolute Gasteiger partial charge is 0.240 e. The molecular weight excluding hydrogens is 226 g/mol. The topological polar surface area (TPSA) is 61.8 Å². The molecule has 0 spiro atoms. The first-order chi connectivity index (χ1) is 7.39. The van der Waals surface area contributed by atoms with Crippen LogP contribution >= 0.6 is 11.8 Å². The predicted octanol–water partition coefficient (Wildman–Crippen LogP) is 1.28. The second-order valence-electron chi connectivity index (χ2n) is 3.69. The quantitative estimate of drug-likeness (QED) is 0.741. The summed E-state index contributed by atoms with van der Waals surface area (Å²) in [5.41, 5.74) is 0. The van der Waals surface area contributed by atoms with E-state index >= 15 is 0 Å². The maximum Gasteiger partial charge on any atom is 0.240 e. The van der Waals surface area contributed by atoms with E-state index in [4.69, 9.17) is 0 Å². The van der Waals surface area contributed by atoms with Crippen molar-refractivity contribution < 1.29 is 9.59 Å². The highest BCUT2D eigenvalue weighted by Crippen LogP contribution is 2.39. The highest BCUT2D eigenvalue weighted by molar-refractivity contribution is 8.15. The van der Waals surface area contributed by atoms with Gasteiger partial charge >= 0.3 is 0 Å². The third-order valence-corrected chi connectivity index (χ3v) is 3.22. The molecule has 0 saturated heterocycles. The Morgan fingerprint density at radius 2 is 2.25 bits per heavy atom. The lowest BCUT2D eigenvalue weighted by Gasteiger charge is -2.29. The Morgan fingerprint density at radius 3 is 2.69 bits per heavy atom. The zero-order chi connectivity index (χ0) is 12.3. The summed E-state index contributed by atoms with van der Waals surface area (Å²) in [4.78, 5) is 21.8. The number of thioether (sulfide) groups is 1. The molecule has 1 aliphatic rings. The van der Waals surface area contributed by atoms with Gasteiger partial charge in [0.15, 0.2) is 5.17 Å². The summed E-state index contributed by atoms with van der Waals surface area (Å²) in [6.07, 6.45) is 2.33. The number of nitrogens with zero attached hydrogens (tertiary/aromatic N) is 2. The van der Waals surface area contributed by atoms with Gasteiger partial charge in [0.25, 0.3) is 0 Å². The maximum absolute atomic E-state index is 11.4. The van der Waals surface area contributed by atoms with Gasteiger partial charge in [0, 0.05) is 13.8 Å². The molecule has 1 heterocycles. The molecule has 1 atom stereocenters. The molecule has 1 unspecified atom stereocenters. The molecule has 1 aliphatic heterocycles. The number of amides is 2. The fraction of sp³-hybridized carbons (Fsp3) is 0.500. The van der Waals surface area contributed by atoms with Gasteiger partial charge in [0.05, 0.1) is 0 Å². The molecule has 1 rings (SSSR count). The van der Waals surface area contributed by atoms with E-state index in [2.05, 4.69) is 17.0 Å². The van der Waals surface area contributed by atoms with E-state index in [1.165, 1.54) is 30.6 Å². The Bertz CT molecular complexity index is 367. The van der Waals surface area contributed by atoms with E-state index in [1.807, 2.05) is 6.92 Å². The first kappa shape index (κ1) is 12.8. The predicted molar refractivity (Wildman–Crippen MR) is 64.6 cm³/mol. The summed E-state index contributed by atoms with van der Waals surface area (Å²) in [5.74, 6) is -0.352. The Morgan fingerprint density at radius 1 is 1.62 bits per heavy atom. The molecule has 5 nitrogen and oxygen atoms in total.